The third kappa shape index (κ3) is 4.66. The first-order valence-corrected chi connectivity index (χ1v) is 11.9. The van der Waals surface area contributed by atoms with E-state index >= 15 is 0 Å². The molecule has 3 aliphatic rings. The summed E-state index contributed by atoms with van der Waals surface area (Å²) in [5.41, 5.74) is 0.547. The van der Waals surface area contributed by atoms with Crippen molar-refractivity contribution in [3.05, 3.63) is 29.1 Å². The lowest BCUT2D eigenvalue weighted by molar-refractivity contribution is 0.0977. The van der Waals surface area contributed by atoms with Crippen molar-refractivity contribution in [3.8, 4) is 5.75 Å². The van der Waals surface area contributed by atoms with E-state index in [0.29, 0.717) is 30.4 Å². The molecule has 2 aliphatic heterocycles. The van der Waals surface area contributed by atoms with Gasteiger partial charge in [0, 0.05) is 18.2 Å². The molecule has 2 saturated heterocycles. The Hall–Kier alpha value is -1.67. The third-order valence-electron chi connectivity index (χ3n) is 5.93. The first-order chi connectivity index (χ1) is 13.3. The van der Waals surface area contributed by atoms with Gasteiger partial charge in [-0.3, -0.25) is 4.79 Å². The molecule has 8 heteroatoms. The summed E-state index contributed by atoms with van der Waals surface area (Å²) in [6, 6.07) is 3.82. The number of hydrogen-bond donors (Lipinski definition) is 2. The zero-order chi connectivity index (χ0) is 19.9. The van der Waals surface area contributed by atoms with Crippen molar-refractivity contribution in [2.45, 2.75) is 62.9 Å². The number of rotatable bonds is 6. The number of halogens is 1. The van der Waals surface area contributed by atoms with E-state index in [1.807, 2.05) is 4.72 Å². The summed E-state index contributed by atoms with van der Waals surface area (Å²) in [7, 11) is -3.75. The van der Waals surface area contributed by atoms with Gasteiger partial charge in [0.1, 0.15) is 11.6 Å². The second-order valence-corrected chi connectivity index (χ2v) is 10.2. The lowest BCUT2D eigenvalue weighted by Gasteiger charge is -2.40. The molecule has 0 radical (unpaired) electrons. The number of sulfonamides is 1. The topological polar surface area (TPSA) is 84.5 Å². The van der Waals surface area contributed by atoms with Crippen molar-refractivity contribution in [1.82, 2.24) is 10.0 Å². The second kappa shape index (κ2) is 7.63. The molecule has 28 heavy (non-hydrogen) atoms. The fraction of sp³-hybridized carbons (Fsp3) is 0.650. The first-order valence-electron chi connectivity index (χ1n) is 10.0. The van der Waals surface area contributed by atoms with Gasteiger partial charge in [0.15, 0.2) is 0 Å². The fourth-order valence-electron chi connectivity index (χ4n) is 4.53. The second-order valence-electron chi connectivity index (χ2n) is 8.49. The highest BCUT2D eigenvalue weighted by atomic mass is 32.2. The number of hydrogen-bond acceptors (Lipinski definition) is 5. The maximum absolute atomic E-state index is 14.5. The monoisotopic (exact) mass is 410 g/mol. The number of fused-ring (bicyclic) bond motifs is 2. The summed E-state index contributed by atoms with van der Waals surface area (Å²) in [5, 5.41) is 3.66. The standard InChI is InChI=1S/C20H27FN2O4S/c1-28(25,26)23-20(24)17-9-16(13-5-6-13)19(10-18(17)21)27-11-12-7-14-3-2-4-15(8-12)22-14/h9-10,12-15,22H,2-8,11H2,1H3,(H,23,24)/t12-,14-,15+. The van der Waals surface area contributed by atoms with Gasteiger partial charge in [0.25, 0.3) is 5.91 Å². The predicted octanol–water partition coefficient (Wildman–Crippen LogP) is 2.69. The zero-order valence-electron chi connectivity index (χ0n) is 16.0. The van der Waals surface area contributed by atoms with Crippen LogP contribution < -0.4 is 14.8 Å². The lowest BCUT2D eigenvalue weighted by atomic mass is 9.81. The lowest BCUT2D eigenvalue weighted by Crippen LogP contribution is -2.49. The molecule has 1 aromatic rings. The molecule has 0 aromatic heterocycles. The Kier molecular flexibility index (Phi) is 5.35. The van der Waals surface area contributed by atoms with E-state index in [1.165, 1.54) is 31.4 Å². The SMILES string of the molecule is CS(=O)(=O)NC(=O)c1cc(C2CC2)c(OC[C@@H]2C[C@H]3CCC[C@@H](C2)N3)cc1F. The van der Waals surface area contributed by atoms with Crippen LogP contribution in [-0.4, -0.2) is 39.3 Å². The molecular weight excluding hydrogens is 383 g/mol. The van der Waals surface area contributed by atoms with Crippen molar-refractivity contribution in [2.75, 3.05) is 12.9 Å². The molecule has 0 unspecified atom stereocenters. The van der Waals surface area contributed by atoms with Crippen LogP contribution in [0.1, 0.15) is 66.8 Å². The van der Waals surface area contributed by atoms with E-state index in [2.05, 4.69) is 5.32 Å². The predicted molar refractivity (Wildman–Crippen MR) is 103 cm³/mol. The van der Waals surface area contributed by atoms with E-state index < -0.39 is 21.7 Å². The van der Waals surface area contributed by atoms with Crippen LogP contribution in [0.3, 0.4) is 0 Å². The molecule has 1 amide bonds. The van der Waals surface area contributed by atoms with Crippen molar-refractivity contribution in [1.29, 1.82) is 0 Å². The van der Waals surface area contributed by atoms with Crippen molar-refractivity contribution < 1.29 is 22.3 Å². The molecule has 2 N–H and O–H groups in total. The van der Waals surface area contributed by atoms with Gasteiger partial charge in [-0.1, -0.05) is 6.42 Å². The molecule has 1 aromatic carbocycles. The minimum Gasteiger partial charge on any atom is -0.493 e. The highest BCUT2D eigenvalue weighted by Gasteiger charge is 2.33. The highest BCUT2D eigenvalue weighted by Crippen LogP contribution is 2.45. The summed E-state index contributed by atoms with van der Waals surface area (Å²) in [6.07, 6.45) is 8.65. The van der Waals surface area contributed by atoms with Gasteiger partial charge in [0.05, 0.1) is 18.4 Å². The number of benzene rings is 1. The molecule has 1 saturated carbocycles. The van der Waals surface area contributed by atoms with Crippen LogP contribution in [0.25, 0.3) is 0 Å². The van der Waals surface area contributed by atoms with Crippen molar-refractivity contribution in [2.24, 2.45) is 5.92 Å². The Morgan fingerprint density at radius 2 is 1.89 bits per heavy atom. The summed E-state index contributed by atoms with van der Waals surface area (Å²) < 4.78 is 45.0. The Morgan fingerprint density at radius 1 is 1.21 bits per heavy atom. The van der Waals surface area contributed by atoms with Gasteiger partial charge in [-0.05, 0) is 62.0 Å². The molecule has 2 bridgehead atoms. The average Bonchev–Trinajstić information content (AvgIpc) is 3.43. The fourth-order valence-corrected chi connectivity index (χ4v) is 4.98. The summed E-state index contributed by atoms with van der Waals surface area (Å²) >= 11 is 0. The maximum atomic E-state index is 14.5. The molecule has 1 aliphatic carbocycles. The zero-order valence-corrected chi connectivity index (χ0v) is 16.9. The van der Waals surface area contributed by atoms with E-state index in [-0.39, 0.29) is 11.5 Å². The number of nitrogens with one attached hydrogen (secondary N) is 2. The molecular formula is C20H27FN2O4S. The van der Waals surface area contributed by atoms with Gasteiger partial charge in [-0.25, -0.2) is 17.5 Å². The number of carbonyl (C=O) groups is 1. The van der Waals surface area contributed by atoms with E-state index in [0.717, 1.165) is 37.5 Å². The first kappa shape index (κ1) is 19.6. The van der Waals surface area contributed by atoms with Gasteiger partial charge < -0.3 is 10.1 Å². The average molecular weight is 411 g/mol. The Morgan fingerprint density at radius 3 is 2.50 bits per heavy atom. The maximum Gasteiger partial charge on any atom is 0.267 e. The number of carbonyl (C=O) groups excluding carboxylic acids is 1. The molecule has 4 rings (SSSR count). The summed E-state index contributed by atoms with van der Waals surface area (Å²) in [4.78, 5) is 12.1. The summed E-state index contributed by atoms with van der Waals surface area (Å²) in [6.45, 7) is 0.544. The highest BCUT2D eigenvalue weighted by molar-refractivity contribution is 7.89. The number of piperidine rings is 2. The van der Waals surface area contributed by atoms with Crippen molar-refractivity contribution in [3.63, 3.8) is 0 Å². The number of ether oxygens (including phenoxy) is 1. The van der Waals surface area contributed by atoms with Crippen molar-refractivity contribution >= 4 is 15.9 Å². The van der Waals surface area contributed by atoms with Crippen LogP contribution in [0.5, 0.6) is 5.75 Å². The van der Waals surface area contributed by atoms with Crippen LogP contribution in [0.4, 0.5) is 4.39 Å². The van der Waals surface area contributed by atoms with Crippen LogP contribution in [0, 0.1) is 11.7 Å². The molecule has 0 spiro atoms. The third-order valence-corrected chi connectivity index (χ3v) is 6.48. The van der Waals surface area contributed by atoms with Gasteiger partial charge in [-0.2, -0.15) is 0 Å². The molecule has 154 valence electrons. The Labute approximate surface area is 165 Å². The number of amides is 1. The quantitative estimate of drug-likeness (QED) is 0.753. The molecule has 6 nitrogen and oxygen atoms in total. The van der Waals surface area contributed by atoms with Gasteiger partial charge in [0.2, 0.25) is 10.0 Å². The van der Waals surface area contributed by atoms with Crippen LogP contribution in [0.15, 0.2) is 12.1 Å². The molecule has 3 atom stereocenters. The Balaban J connectivity index is 1.49. The Bertz CT molecular complexity index is 857. The minimum absolute atomic E-state index is 0.243. The smallest absolute Gasteiger partial charge is 0.267 e. The van der Waals surface area contributed by atoms with E-state index in [4.69, 9.17) is 4.74 Å². The largest absolute Gasteiger partial charge is 0.493 e. The van der Waals surface area contributed by atoms with Gasteiger partial charge in [-0.15, -0.1) is 0 Å². The van der Waals surface area contributed by atoms with E-state index in [1.54, 1.807) is 0 Å². The van der Waals surface area contributed by atoms with Crippen LogP contribution in [0.2, 0.25) is 0 Å². The molecule has 2 heterocycles. The minimum atomic E-state index is -3.75. The van der Waals surface area contributed by atoms with Crippen LogP contribution in [-0.2, 0) is 10.0 Å². The summed E-state index contributed by atoms with van der Waals surface area (Å²) in [5.74, 6) is -0.533. The molecule has 3 fully saturated rings. The van der Waals surface area contributed by atoms with E-state index in [9.17, 15) is 17.6 Å². The normalized spacial score (nSPS) is 27.3. The van der Waals surface area contributed by atoms with Gasteiger partial charge >= 0.3 is 0 Å². The van der Waals surface area contributed by atoms with Crippen LogP contribution >= 0.6 is 0 Å².